The highest BCUT2D eigenvalue weighted by molar-refractivity contribution is 7.22. The molecule has 0 aliphatic carbocycles. The number of morpholine rings is 1. The fourth-order valence-corrected chi connectivity index (χ4v) is 4.55. The molecule has 2 aliphatic heterocycles. The average Bonchev–Trinajstić information content (AvgIpc) is 2.90. The molecule has 2 aliphatic rings. The zero-order valence-electron chi connectivity index (χ0n) is 12.9. The van der Waals surface area contributed by atoms with E-state index in [0.717, 1.165) is 39.0 Å². The van der Waals surface area contributed by atoms with E-state index in [1.54, 1.807) is 11.3 Å². The minimum Gasteiger partial charge on any atom is -0.378 e. The van der Waals surface area contributed by atoms with Gasteiger partial charge < -0.3 is 14.5 Å². The summed E-state index contributed by atoms with van der Waals surface area (Å²) in [5, 5.41) is 1.73. The first kappa shape index (κ1) is 15.2. The van der Waals surface area contributed by atoms with E-state index in [2.05, 4.69) is 4.90 Å². The van der Waals surface area contributed by atoms with Crippen LogP contribution in [0.15, 0.2) is 12.1 Å². The first-order valence-corrected chi connectivity index (χ1v) is 8.99. The minimum atomic E-state index is 0.0878. The number of anilines is 1. The summed E-state index contributed by atoms with van der Waals surface area (Å²) in [5.41, 5.74) is 2.11. The lowest BCUT2D eigenvalue weighted by Gasteiger charge is -2.41. The van der Waals surface area contributed by atoms with Gasteiger partial charge in [-0.15, -0.1) is 0 Å². The van der Waals surface area contributed by atoms with Crippen molar-refractivity contribution in [1.29, 1.82) is 0 Å². The maximum atomic E-state index is 12.4. The summed E-state index contributed by atoms with van der Waals surface area (Å²) in [4.78, 5) is 21.3. The Morgan fingerprint density at radius 2 is 2.09 bits per heavy atom. The van der Waals surface area contributed by atoms with Crippen LogP contribution in [0.4, 0.5) is 5.13 Å². The summed E-state index contributed by atoms with van der Waals surface area (Å²) < 4.78 is 6.41. The largest absolute Gasteiger partial charge is 0.378 e. The van der Waals surface area contributed by atoms with Gasteiger partial charge in [-0.3, -0.25) is 4.79 Å². The Morgan fingerprint density at radius 1 is 1.35 bits per heavy atom. The molecule has 1 aromatic heterocycles. The third-order valence-electron chi connectivity index (χ3n) is 4.46. The monoisotopic (exact) mass is 351 g/mol. The molecule has 23 heavy (non-hydrogen) atoms. The number of hydrogen-bond acceptors (Lipinski definition) is 5. The fourth-order valence-electron chi connectivity index (χ4n) is 3.11. The van der Waals surface area contributed by atoms with Crippen molar-refractivity contribution in [1.82, 2.24) is 9.88 Å². The lowest BCUT2D eigenvalue weighted by atomic mass is 9.99. The second kappa shape index (κ2) is 5.92. The number of nitrogens with zero attached hydrogens (tertiary/aromatic N) is 3. The first-order chi connectivity index (χ1) is 11.1. The van der Waals surface area contributed by atoms with Crippen molar-refractivity contribution in [2.75, 3.05) is 44.3 Å². The van der Waals surface area contributed by atoms with Crippen LogP contribution in [0.3, 0.4) is 0 Å². The number of amides is 1. The van der Waals surface area contributed by atoms with Gasteiger partial charge in [-0.2, -0.15) is 0 Å². The Balaban J connectivity index is 1.45. The zero-order chi connectivity index (χ0) is 16.0. The van der Waals surface area contributed by atoms with Crippen molar-refractivity contribution < 1.29 is 9.53 Å². The number of aryl methyl sites for hydroxylation is 1. The van der Waals surface area contributed by atoms with Gasteiger partial charge in [0.05, 0.1) is 29.3 Å². The third kappa shape index (κ3) is 2.79. The van der Waals surface area contributed by atoms with Crippen LogP contribution in [0.5, 0.6) is 0 Å². The molecular weight excluding hydrogens is 334 g/mol. The van der Waals surface area contributed by atoms with Gasteiger partial charge in [0.15, 0.2) is 5.13 Å². The summed E-state index contributed by atoms with van der Waals surface area (Å²) in [6.45, 7) is 6.27. The Bertz CT molecular complexity index is 751. The molecule has 1 aromatic carbocycles. The van der Waals surface area contributed by atoms with E-state index >= 15 is 0 Å². The molecule has 2 saturated heterocycles. The molecule has 7 heteroatoms. The van der Waals surface area contributed by atoms with Gasteiger partial charge in [-0.05, 0) is 24.6 Å². The first-order valence-electron chi connectivity index (χ1n) is 7.80. The van der Waals surface area contributed by atoms with E-state index in [1.807, 2.05) is 24.0 Å². The molecule has 0 bridgehead atoms. The summed E-state index contributed by atoms with van der Waals surface area (Å²) in [7, 11) is 0. The van der Waals surface area contributed by atoms with Crippen molar-refractivity contribution in [3.8, 4) is 0 Å². The second-order valence-corrected chi connectivity index (χ2v) is 7.55. The van der Waals surface area contributed by atoms with Gasteiger partial charge in [0, 0.05) is 31.2 Å². The van der Waals surface area contributed by atoms with E-state index in [4.69, 9.17) is 21.3 Å². The number of aromatic nitrogens is 1. The molecular formula is C16H18ClN3O2S. The van der Waals surface area contributed by atoms with Crippen LogP contribution in [0.1, 0.15) is 5.56 Å². The smallest absolute Gasteiger partial charge is 0.229 e. The standard InChI is InChI=1S/C16H18ClN3O2S/c1-10-6-12(17)7-13-14(10)18-16(23-13)20-8-11(9-20)15(21)19-2-4-22-5-3-19/h6-7,11H,2-5,8-9H2,1H3. The molecule has 0 atom stereocenters. The summed E-state index contributed by atoms with van der Waals surface area (Å²) in [5.74, 6) is 0.342. The van der Waals surface area contributed by atoms with Crippen molar-refractivity contribution in [2.24, 2.45) is 5.92 Å². The third-order valence-corrected chi connectivity index (χ3v) is 5.74. The van der Waals surface area contributed by atoms with Gasteiger partial charge in [0.1, 0.15) is 0 Å². The number of thiazole rings is 1. The van der Waals surface area contributed by atoms with Crippen LogP contribution in [0.2, 0.25) is 5.02 Å². The molecule has 0 unspecified atom stereocenters. The summed E-state index contributed by atoms with van der Waals surface area (Å²) >= 11 is 7.76. The molecule has 4 rings (SSSR count). The number of carbonyl (C=O) groups excluding carboxylic acids is 1. The number of rotatable bonds is 2. The van der Waals surface area contributed by atoms with Crippen LogP contribution in [-0.4, -0.2) is 55.2 Å². The van der Waals surface area contributed by atoms with Crippen LogP contribution < -0.4 is 4.90 Å². The lowest BCUT2D eigenvalue weighted by molar-refractivity contribution is -0.140. The highest BCUT2D eigenvalue weighted by Crippen LogP contribution is 2.36. The van der Waals surface area contributed by atoms with E-state index in [-0.39, 0.29) is 11.8 Å². The number of carbonyl (C=O) groups is 1. The van der Waals surface area contributed by atoms with Crippen molar-refractivity contribution in [2.45, 2.75) is 6.92 Å². The minimum absolute atomic E-state index is 0.0878. The number of halogens is 1. The summed E-state index contributed by atoms with van der Waals surface area (Å²) in [6, 6.07) is 3.90. The van der Waals surface area contributed by atoms with E-state index in [9.17, 15) is 4.79 Å². The Labute approximate surface area is 143 Å². The second-order valence-electron chi connectivity index (χ2n) is 6.11. The number of benzene rings is 1. The molecule has 122 valence electrons. The van der Waals surface area contributed by atoms with Gasteiger partial charge in [-0.25, -0.2) is 4.98 Å². The average molecular weight is 352 g/mol. The van der Waals surface area contributed by atoms with Gasteiger partial charge >= 0.3 is 0 Å². The van der Waals surface area contributed by atoms with Crippen LogP contribution in [0.25, 0.3) is 10.2 Å². The molecule has 2 fully saturated rings. The Hall–Kier alpha value is -1.37. The van der Waals surface area contributed by atoms with E-state index in [1.165, 1.54) is 0 Å². The fraction of sp³-hybridized carbons (Fsp3) is 0.500. The molecule has 1 amide bonds. The lowest BCUT2D eigenvalue weighted by Crippen LogP contribution is -2.56. The van der Waals surface area contributed by atoms with Gasteiger partial charge in [0.25, 0.3) is 0 Å². The van der Waals surface area contributed by atoms with Crippen molar-refractivity contribution >= 4 is 44.2 Å². The Kier molecular flexibility index (Phi) is 3.91. The van der Waals surface area contributed by atoms with E-state index < -0.39 is 0 Å². The highest BCUT2D eigenvalue weighted by Gasteiger charge is 2.37. The topological polar surface area (TPSA) is 45.7 Å². The molecule has 3 heterocycles. The zero-order valence-corrected chi connectivity index (χ0v) is 14.5. The van der Waals surface area contributed by atoms with E-state index in [0.29, 0.717) is 26.3 Å². The molecule has 2 aromatic rings. The van der Waals surface area contributed by atoms with Gasteiger partial charge in [0.2, 0.25) is 5.91 Å². The predicted octanol–water partition coefficient (Wildman–Crippen LogP) is 2.55. The maximum Gasteiger partial charge on any atom is 0.229 e. The van der Waals surface area contributed by atoms with Gasteiger partial charge in [-0.1, -0.05) is 22.9 Å². The highest BCUT2D eigenvalue weighted by atomic mass is 35.5. The number of fused-ring (bicyclic) bond motifs is 1. The quantitative estimate of drug-likeness (QED) is 0.834. The van der Waals surface area contributed by atoms with Crippen LogP contribution in [-0.2, 0) is 9.53 Å². The molecule has 0 radical (unpaired) electrons. The van der Waals surface area contributed by atoms with Crippen molar-refractivity contribution in [3.05, 3.63) is 22.7 Å². The molecule has 0 saturated carbocycles. The summed E-state index contributed by atoms with van der Waals surface area (Å²) in [6.07, 6.45) is 0. The molecule has 5 nitrogen and oxygen atoms in total. The van der Waals surface area contributed by atoms with Crippen molar-refractivity contribution in [3.63, 3.8) is 0 Å². The predicted molar refractivity (Wildman–Crippen MR) is 92.5 cm³/mol. The SMILES string of the molecule is Cc1cc(Cl)cc2sc(N3CC(C(=O)N4CCOCC4)C3)nc12. The number of hydrogen-bond donors (Lipinski definition) is 0. The maximum absolute atomic E-state index is 12.4. The molecule has 0 spiro atoms. The Morgan fingerprint density at radius 3 is 2.83 bits per heavy atom. The van der Waals surface area contributed by atoms with Crippen LogP contribution >= 0.6 is 22.9 Å². The normalized spacial score (nSPS) is 19.2. The van der Waals surface area contributed by atoms with Crippen LogP contribution in [0, 0.1) is 12.8 Å². The molecule has 0 N–H and O–H groups in total. The number of ether oxygens (including phenoxy) is 1.